The molecule has 6 nitrogen and oxygen atoms in total. The first kappa shape index (κ1) is 26.6. The normalized spacial score (nSPS) is 11.1. The van der Waals surface area contributed by atoms with Crippen molar-refractivity contribution < 1.29 is 32.6 Å². The second-order valence-electron chi connectivity index (χ2n) is 8.13. The minimum absolute atomic E-state index is 0.0835. The number of ether oxygens (including phenoxy) is 1. The summed E-state index contributed by atoms with van der Waals surface area (Å²) >= 11 is 0. The van der Waals surface area contributed by atoms with E-state index in [2.05, 4.69) is 5.32 Å². The van der Waals surface area contributed by atoms with Crippen LogP contribution in [0.15, 0.2) is 66.7 Å². The third kappa shape index (κ3) is 6.78. The number of benzene rings is 3. The first-order chi connectivity index (χ1) is 17.1. The van der Waals surface area contributed by atoms with Gasteiger partial charge in [0.15, 0.2) is 0 Å². The largest absolute Gasteiger partial charge is 0.496 e. The van der Waals surface area contributed by atoms with Gasteiger partial charge in [0.05, 0.1) is 19.1 Å². The SMILES string of the molecule is CCN(Cc1ccccc1-c1cc(CC(=O)O)ccc1OC)C(=O)NCc1ccc(C(F)(F)F)cc1. The summed E-state index contributed by atoms with van der Waals surface area (Å²) in [5.74, 6) is -0.368. The minimum Gasteiger partial charge on any atom is -0.496 e. The van der Waals surface area contributed by atoms with Crippen molar-refractivity contribution >= 4 is 12.0 Å². The number of carboxylic acids is 1. The molecule has 0 atom stereocenters. The second kappa shape index (κ2) is 11.6. The van der Waals surface area contributed by atoms with Crippen LogP contribution in [0.5, 0.6) is 5.75 Å². The fourth-order valence-electron chi connectivity index (χ4n) is 3.81. The number of methoxy groups -OCH3 is 1. The van der Waals surface area contributed by atoms with Gasteiger partial charge in [-0.3, -0.25) is 4.79 Å². The molecule has 0 heterocycles. The lowest BCUT2D eigenvalue weighted by Gasteiger charge is -2.23. The van der Waals surface area contributed by atoms with Crippen LogP contribution >= 0.6 is 0 Å². The minimum atomic E-state index is -4.41. The van der Waals surface area contributed by atoms with Crippen LogP contribution in [0.1, 0.15) is 29.2 Å². The Kier molecular flexibility index (Phi) is 8.58. The Bertz CT molecular complexity index is 1210. The Balaban J connectivity index is 1.78. The monoisotopic (exact) mass is 500 g/mol. The highest BCUT2D eigenvalue weighted by atomic mass is 19.4. The van der Waals surface area contributed by atoms with Crippen molar-refractivity contribution in [2.45, 2.75) is 32.6 Å². The van der Waals surface area contributed by atoms with Gasteiger partial charge in [-0.1, -0.05) is 42.5 Å². The number of hydrogen-bond donors (Lipinski definition) is 2. The Morgan fingerprint density at radius 2 is 1.64 bits per heavy atom. The van der Waals surface area contributed by atoms with Crippen LogP contribution in [0, 0.1) is 0 Å². The lowest BCUT2D eigenvalue weighted by atomic mass is 9.96. The number of alkyl halides is 3. The van der Waals surface area contributed by atoms with Crippen LogP contribution in [0.4, 0.5) is 18.0 Å². The molecular formula is C27H27F3N2O4. The van der Waals surface area contributed by atoms with Crippen LogP contribution in [0.3, 0.4) is 0 Å². The third-order valence-electron chi connectivity index (χ3n) is 5.68. The molecule has 190 valence electrons. The fourth-order valence-corrected chi connectivity index (χ4v) is 3.81. The summed E-state index contributed by atoms with van der Waals surface area (Å²) in [5, 5.41) is 11.9. The summed E-state index contributed by atoms with van der Waals surface area (Å²) in [6.07, 6.45) is -4.55. The molecule has 0 radical (unpaired) electrons. The molecule has 3 aromatic rings. The van der Waals surface area contributed by atoms with Crippen molar-refractivity contribution in [3.63, 3.8) is 0 Å². The van der Waals surface area contributed by atoms with Gasteiger partial charge < -0.3 is 20.1 Å². The first-order valence-electron chi connectivity index (χ1n) is 11.3. The summed E-state index contributed by atoms with van der Waals surface area (Å²) in [6.45, 7) is 2.57. The van der Waals surface area contributed by atoms with Crippen molar-refractivity contribution in [1.82, 2.24) is 10.2 Å². The number of carbonyl (C=O) groups is 2. The summed E-state index contributed by atoms with van der Waals surface area (Å²) in [4.78, 5) is 25.6. The summed E-state index contributed by atoms with van der Waals surface area (Å²) < 4.78 is 43.8. The predicted octanol–water partition coefficient (Wildman–Crippen LogP) is 5.74. The van der Waals surface area contributed by atoms with E-state index in [9.17, 15) is 27.9 Å². The number of amides is 2. The lowest BCUT2D eigenvalue weighted by molar-refractivity contribution is -0.138. The van der Waals surface area contributed by atoms with E-state index in [0.717, 1.165) is 23.3 Å². The summed E-state index contributed by atoms with van der Waals surface area (Å²) in [6, 6.07) is 16.9. The maximum atomic E-state index is 12.9. The summed E-state index contributed by atoms with van der Waals surface area (Å²) in [5.41, 5.74) is 2.77. The molecule has 0 aromatic heterocycles. The molecule has 3 aromatic carbocycles. The van der Waals surface area contributed by atoms with Crippen molar-refractivity contribution in [3.8, 4) is 16.9 Å². The van der Waals surface area contributed by atoms with Crippen LogP contribution in [-0.4, -0.2) is 35.7 Å². The van der Waals surface area contributed by atoms with Gasteiger partial charge in [-0.2, -0.15) is 13.2 Å². The Morgan fingerprint density at radius 3 is 2.25 bits per heavy atom. The van der Waals surface area contributed by atoms with Crippen LogP contribution < -0.4 is 10.1 Å². The van der Waals surface area contributed by atoms with Gasteiger partial charge in [-0.15, -0.1) is 0 Å². The number of halogens is 3. The van der Waals surface area contributed by atoms with Crippen molar-refractivity contribution in [3.05, 3.63) is 89.0 Å². The number of nitrogens with zero attached hydrogens (tertiary/aromatic N) is 1. The number of hydrogen-bond acceptors (Lipinski definition) is 3. The van der Waals surface area contributed by atoms with Gasteiger partial charge in [0, 0.05) is 25.2 Å². The maximum Gasteiger partial charge on any atom is 0.416 e. The molecule has 0 unspecified atom stereocenters. The molecule has 3 rings (SSSR count). The molecule has 0 fully saturated rings. The lowest BCUT2D eigenvalue weighted by Crippen LogP contribution is -2.39. The first-order valence-corrected chi connectivity index (χ1v) is 11.3. The molecule has 0 bridgehead atoms. The molecule has 0 saturated heterocycles. The zero-order valence-electron chi connectivity index (χ0n) is 19.9. The third-order valence-corrected chi connectivity index (χ3v) is 5.68. The average molecular weight is 501 g/mol. The van der Waals surface area contributed by atoms with E-state index in [1.807, 2.05) is 31.2 Å². The van der Waals surface area contributed by atoms with E-state index in [1.165, 1.54) is 19.2 Å². The van der Waals surface area contributed by atoms with Gasteiger partial charge in [-0.25, -0.2) is 4.79 Å². The van der Waals surface area contributed by atoms with E-state index < -0.39 is 17.7 Å². The number of nitrogens with one attached hydrogen (secondary N) is 1. The highest BCUT2D eigenvalue weighted by Crippen LogP contribution is 2.34. The van der Waals surface area contributed by atoms with Gasteiger partial charge in [-0.05, 0) is 53.4 Å². The molecule has 9 heteroatoms. The van der Waals surface area contributed by atoms with Crippen molar-refractivity contribution in [2.75, 3.05) is 13.7 Å². The quantitative estimate of drug-likeness (QED) is 0.393. The second-order valence-corrected chi connectivity index (χ2v) is 8.13. The van der Waals surface area contributed by atoms with Gasteiger partial charge in [0.2, 0.25) is 0 Å². The Labute approximate surface area is 207 Å². The highest BCUT2D eigenvalue weighted by Gasteiger charge is 2.30. The van der Waals surface area contributed by atoms with Crippen LogP contribution in [0.25, 0.3) is 11.1 Å². The van der Waals surface area contributed by atoms with E-state index in [0.29, 0.717) is 29.0 Å². The average Bonchev–Trinajstić information content (AvgIpc) is 2.85. The van der Waals surface area contributed by atoms with Gasteiger partial charge in [0.1, 0.15) is 5.75 Å². The molecule has 0 spiro atoms. The molecule has 0 aliphatic rings. The standard InChI is InChI=1S/C27H27F3N2O4/c1-3-32(26(35)31-16-18-8-11-21(12-9-18)27(28,29)30)17-20-6-4-5-7-22(20)23-14-19(15-25(33)34)10-13-24(23)36-2/h4-14H,3,15-17H2,1-2H3,(H,31,35)(H,33,34). The van der Waals surface area contributed by atoms with Gasteiger partial charge >= 0.3 is 18.2 Å². The maximum absolute atomic E-state index is 12.9. The topological polar surface area (TPSA) is 78.9 Å². The number of carboxylic acid groups (broad SMARTS) is 1. The Morgan fingerprint density at radius 1 is 0.972 bits per heavy atom. The predicted molar refractivity (Wildman–Crippen MR) is 130 cm³/mol. The number of carbonyl (C=O) groups excluding carboxylic acids is 1. The summed E-state index contributed by atoms with van der Waals surface area (Å²) in [7, 11) is 1.53. The van der Waals surface area contributed by atoms with E-state index in [-0.39, 0.29) is 25.5 Å². The van der Waals surface area contributed by atoms with Crippen molar-refractivity contribution in [1.29, 1.82) is 0 Å². The molecule has 0 saturated carbocycles. The zero-order valence-corrected chi connectivity index (χ0v) is 19.9. The van der Waals surface area contributed by atoms with Crippen LogP contribution in [-0.2, 0) is 30.5 Å². The Hall–Kier alpha value is -4.01. The molecule has 0 aliphatic heterocycles. The van der Waals surface area contributed by atoms with Crippen LogP contribution in [0.2, 0.25) is 0 Å². The van der Waals surface area contributed by atoms with Crippen molar-refractivity contribution in [2.24, 2.45) is 0 Å². The smallest absolute Gasteiger partial charge is 0.416 e. The molecule has 2 amide bonds. The van der Waals surface area contributed by atoms with E-state index >= 15 is 0 Å². The van der Waals surface area contributed by atoms with Gasteiger partial charge in [0.25, 0.3) is 0 Å². The number of urea groups is 1. The molecule has 0 aliphatic carbocycles. The number of aliphatic carboxylic acids is 1. The zero-order chi connectivity index (χ0) is 26.3. The highest BCUT2D eigenvalue weighted by molar-refractivity contribution is 5.78. The molecule has 36 heavy (non-hydrogen) atoms. The van der Waals surface area contributed by atoms with E-state index in [4.69, 9.17) is 4.74 Å². The number of rotatable bonds is 9. The molecular weight excluding hydrogens is 473 g/mol. The van der Waals surface area contributed by atoms with E-state index in [1.54, 1.807) is 23.1 Å². The molecule has 2 N–H and O–H groups in total. The fraction of sp³-hybridized carbons (Fsp3) is 0.259.